The first-order valence-electron chi connectivity index (χ1n) is 6.31. The van der Waals surface area contributed by atoms with E-state index < -0.39 is 0 Å². The van der Waals surface area contributed by atoms with E-state index in [1.807, 2.05) is 37.3 Å². The third kappa shape index (κ3) is 3.13. The minimum atomic E-state index is -0.260. The molecular formula is C14H17N3O2. The summed E-state index contributed by atoms with van der Waals surface area (Å²) in [5.74, 6) is 0. The Bertz CT molecular complexity index is 644. The van der Waals surface area contributed by atoms with Gasteiger partial charge in [-0.2, -0.15) is 0 Å². The first-order valence-corrected chi connectivity index (χ1v) is 6.31. The molecule has 100 valence electrons. The van der Waals surface area contributed by atoms with Gasteiger partial charge in [0.15, 0.2) is 0 Å². The Hall–Kier alpha value is -2.30. The molecule has 0 atom stereocenters. The number of hydrogen-bond acceptors (Lipinski definition) is 3. The fourth-order valence-corrected chi connectivity index (χ4v) is 1.87. The van der Waals surface area contributed by atoms with Gasteiger partial charge in [0.1, 0.15) is 0 Å². The third-order valence-electron chi connectivity index (χ3n) is 2.92. The normalized spacial score (nSPS) is 10.4. The molecule has 1 aromatic carbocycles. The number of nitrogens with one attached hydrogen (secondary N) is 1. The van der Waals surface area contributed by atoms with Crippen molar-refractivity contribution in [3.05, 3.63) is 63.4 Å². The van der Waals surface area contributed by atoms with Crippen molar-refractivity contribution in [2.75, 3.05) is 11.9 Å². The van der Waals surface area contributed by atoms with Crippen LogP contribution in [0.25, 0.3) is 0 Å². The molecule has 0 saturated heterocycles. The van der Waals surface area contributed by atoms with E-state index in [0.29, 0.717) is 19.6 Å². The van der Waals surface area contributed by atoms with Gasteiger partial charge in [-0.3, -0.25) is 9.36 Å². The Morgan fingerprint density at radius 2 is 1.84 bits per heavy atom. The molecule has 0 spiro atoms. The maximum atomic E-state index is 12.0. The number of para-hydroxylation sites is 1. The number of aryl methyl sites for hydroxylation is 1. The third-order valence-corrected chi connectivity index (χ3v) is 2.92. The van der Waals surface area contributed by atoms with Crippen molar-refractivity contribution in [1.82, 2.24) is 9.13 Å². The van der Waals surface area contributed by atoms with Gasteiger partial charge in [-0.1, -0.05) is 18.2 Å². The molecule has 0 radical (unpaired) electrons. The van der Waals surface area contributed by atoms with Crippen molar-refractivity contribution < 1.29 is 0 Å². The highest BCUT2D eigenvalue weighted by Crippen LogP contribution is 2.03. The van der Waals surface area contributed by atoms with Crippen LogP contribution in [-0.4, -0.2) is 15.7 Å². The topological polar surface area (TPSA) is 56.0 Å². The van der Waals surface area contributed by atoms with Crippen molar-refractivity contribution in [3.8, 4) is 0 Å². The molecule has 0 bridgehead atoms. The number of aromatic nitrogens is 2. The van der Waals surface area contributed by atoms with Crippen molar-refractivity contribution >= 4 is 5.69 Å². The van der Waals surface area contributed by atoms with Gasteiger partial charge in [0, 0.05) is 37.6 Å². The minimum Gasteiger partial charge on any atom is -0.383 e. The molecule has 0 aliphatic rings. The van der Waals surface area contributed by atoms with E-state index in [-0.39, 0.29) is 11.2 Å². The van der Waals surface area contributed by atoms with E-state index in [2.05, 4.69) is 5.32 Å². The van der Waals surface area contributed by atoms with E-state index in [9.17, 15) is 9.59 Å². The lowest BCUT2D eigenvalue weighted by molar-refractivity contribution is 0.577. The van der Waals surface area contributed by atoms with E-state index in [4.69, 9.17) is 0 Å². The van der Waals surface area contributed by atoms with E-state index in [0.717, 1.165) is 5.69 Å². The number of rotatable bonds is 5. The number of nitrogens with zero attached hydrogens (tertiary/aromatic N) is 2. The quantitative estimate of drug-likeness (QED) is 0.876. The molecule has 5 heteroatoms. The first-order chi connectivity index (χ1) is 9.22. The molecule has 1 heterocycles. The van der Waals surface area contributed by atoms with E-state index >= 15 is 0 Å². The van der Waals surface area contributed by atoms with Crippen LogP contribution in [0.5, 0.6) is 0 Å². The summed E-state index contributed by atoms with van der Waals surface area (Å²) in [7, 11) is 0. The standard InChI is InChI=1S/C14H17N3O2/c1-2-16-10-8-13(18)17(14(16)19)11-9-15-12-6-4-3-5-7-12/h3-8,10,15H,2,9,11H2,1H3. The Labute approximate surface area is 111 Å². The molecule has 0 saturated carbocycles. The highest BCUT2D eigenvalue weighted by atomic mass is 16.2. The summed E-state index contributed by atoms with van der Waals surface area (Å²) in [5.41, 5.74) is 0.455. The molecule has 0 fully saturated rings. The summed E-state index contributed by atoms with van der Waals surface area (Å²) in [4.78, 5) is 23.6. The Morgan fingerprint density at radius 1 is 1.11 bits per heavy atom. The summed E-state index contributed by atoms with van der Waals surface area (Å²) in [5, 5.41) is 3.18. The molecule has 19 heavy (non-hydrogen) atoms. The summed E-state index contributed by atoms with van der Waals surface area (Å²) in [6, 6.07) is 11.1. The summed E-state index contributed by atoms with van der Waals surface area (Å²) in [6.45, 7) is 3.32. The lowest BCUT2D eigenvalue weighted by Crippen LogP contribution is -2.40. The number of hydrogen-bond donors (Lipinski definition) is 1. The molecule has 2 rings (SSSR count). The van der Waals surface area contributed by atoms with E-state index in [1.165, 1.54) is 21.4 Å². The molecular weight excluding hydrogens is 242 g/mol. The van der Waals surface area contributed by atoms with Gasteiger partial charge in [-0.05, 0) is 19.1 Å². The Balaban J connectivity index is 2.08. The molecule has 0 unspecified atom stereocenters. The maximum Gasteiger partial charge on any atom is 0.331 e. The number of anilines is 1. The molecule has 5 nitrogen and oxygen atoms in total. The van der Waals surface area contributed by atoms with Crippen molar-refractivity contribution in [3.63, 3.8) is 0 Å². The van der Waals surface area contributed by atoms with Gasteiger partial charge in [0.05, 0.1) is 0 Å². The highest BCUT2D eigenvalue weighted by molar-refractivity contribution is 5.42. The summed E-state index contributed by atoms with van der Waals surface area (Å²) < 4.78 is 2.77. The Kier molecular flexibility index (Phi) is 4.18. The van der Waals surface area contributed by atoms with Crippen molar-refractivity contribution in [1.29, 1.82) is 0 Å². The predicted molar refractivity (Wildman–Crippen MR) is 75.6 cm³/mol. The summed E-state index contributed by atoms with van der Waals surface area (Å²) in [6.07, 6.45) is 1.53. The van der Waals surface area contributed by atoms with Gasteiger partial charge in [-0.15, -0.1) is 0 Å². The zero-order valence-electron chi connectivity index (χ0n) is 10.9. The molecule has 1 N–H and O–H groups in total. The van der Waals surface area contributed by atoms with Crippen LogP contribution in [-0.2, 0) is 13.1 Å². The van der Waals surface area contributed by atoms with Crippen LogP contribution in [0.4, 0.5) is 5.69 Å². The molecule has 1 aromatic heterocycles. The predicted octanol–water partition coefficient (Wildman–Crippen LogP) is 1.14. The first kappa shape index (κ1) is 13.1. The van der Waals surface area contributed by atoms with Gasteiger partial charge in [0.25, 0.3) is 5.56 Å². The second kappa shape index (κ2) is 6.04. The average Bonchev–Trinajstić information content (AvgIpc) is 2.44. The summed E-state index contributed by atoms with van der Waals surface area (Å²) >= 11 is 0. The van der Waals surface area contributed by atoms with Gasteiger partial charge >= 0.3 is 5.69 Å². The molecule has 0 aliphatic heterocycles. The van der Waals surface area contributed by atoms with Crippen LogP contribution >= 0.6 is 0 Å². The van der Waals surface area contributed by atoms with E-state index in [1.54, 1.807) is 0 Å². The number of benzene rings is 1. The van der Waals surface area contributed by atoms with Gasteiger partial charge in [0.2, 0.25) is 0 Å². The lowest BCUT2D eigenvalue weighted by Gasteiger charge is -2.09. The molecule has 0 amide bonds. The highest BCUT2D eigenvalue weighted by Gasteiger charge is 2.03. The van der Waals surface area contributed by atoms with Crippen molar-refractivity contribution in [2.45, 2.75) is 20.0 Å². The van der Waals surface area contributed by atoms with Crippen LogP contribution < -0.4 is 16.6 Å². The maximum absolute atomic E-state index is 12.0. The van der Waals surface area contributed by atoms with Crippen LogP contribution in [0.15, 0.2) is 52.2 Å². The monoisotopic (exact) mass is 259 g/mol. The lowest BCUT2D eigenvalue weighted by atomic mass is 10.3. The fraction of sp³-hybridized carbons (Fsp3) is 0.286. The van der Waals surface area contributed by atoms with Crippen LogP contribution in [0.1, 0.15) is 6.92 Å². The Morgan fingerprint density at radius 3 is 2.53 bits per heavy atom. The smallest absolute Gasteiger partial charge is 0.331 e. The zero-order valence-corrected chi connectivity index (χ0v) is 10.9. The molecule has 2 aromatic rings. The second-order valence-electron chi connectivity index (χ2n) is 4.17. The van der Waals surface area contributed by atoms with Gasteiger partial charge < -0.3 is 9.88 Å². The van der Waals surface area contributed by atoms with Gasteiger partial charge in [-0.25, -0.2) is 4.79 Å². The second-order valence-corrected chi connectivity index (χ2v) is 4.17. The minimum absolute atomic E-state index is 0.259. The fourth-order valence-electron chi connectivity index (χ4n) is 1.87. The largest absolute Gasteiger partial charge is 0.383 e. The van der Waals surface area contributed by atoms with Crippen LogP contribution in [0, 0.1) is 0 Å². The van der Waals surface area contributed by atoms with Crippen LogP contribution in [0.3, 0.4) is 0 Å². The van der Waals surface area contributed by atoms with Crippen molar-refractivity contribution in [2.24, 2.45) is 0 Å². The SMILES string of the molecule is CCn1ccc(=O)n(CCNc2ccccc2)c1=O. The zero-order chi connectivity index (χ0) is 13.7. The molecule has 0 aliphatic carbocycles. The van der Waals surface area contributed by atoms with Crippen LogP contribution in [0.2, 0.25) is 0 Å². The average molecular weight is 259 g/mol.